The SMILES string of the molecule is CC(C)c1ccc(OCCCCCS(=O)(=O)Cl)cc1. The summed E-state index contributed by atoms with van der Waals surface area (Å²) in [7, 11) is 1.78. The van der Waals surface area contributed by atoms with Gasteiger partial charge in [0.05, 0.1) is 12.4 Å². The molecule has 0 saturated carbocycles. The first-order valence-electron chi connectivity index (χ1n) is 6.53. The molecule has 0 atom stereocenters. The van der Waals surface area contributed by atoms with Crippen LogP contribution in [0, 0.1) is 0 Å². The highest BCUT2D eigenvalue weighted by molar-refractivity contribution is 8.13. The molecule has 0 saturated heterocycles. The minimum atomic E-state index is -3.35. The van der Waals surface area contributed by atoms with Crippen molar-refractivity contribution in [3.05, 3.63) is 29.8 Å². The van der Waals surface area contributed by atoms with Crippen molar-refractivity contribution in [1.29, 1.82) is 0 Å². The average Bonchev–Trinajstić information content (AvgIpc) is 2.33. The Kier molecular flexibility index (Phi) is 6.66. The molecule has 0 radical (unpaired) electrons. The number of hydrogen-bond donors (Lipinski definition) is 0. The van der Waals surface area contributed by atoms with Gasteiger partial charge in [0.15, 0.2) is 0 Å². The van der Waals surface area contributed by atoms with Crippen molar-refractivity contribution < 1.29 is 13.2 Å². The Morgan fingerprint density at radius 3 is 2.26 bits per heavy atom. The molecule has 1 aromatic carbocycles. The van der Waals surface area contributed by atoms with E-state index in [0.717, 1.165) is 18.6 Å². The van der Waals surface area contributed by atoms with E-state index in [1.165, 1.54) is 5.56 Å². The van der Waals surface area contributed by atoms with Crippen LogP contribution in [0.4, 0.5) is 0 Å². The van der Waals surface area contributed by atoms with E-state index in [1.807, 2.05) is 12.1 Å². The predicted octanol–water partition coefficient (Wildman–Crippen LogP) is 3.93. The third kappa shape index (κ3) is 7.43. The van der Waals surface area contributed by atoms with Gasteiger partial charge >= 0.3 is 0 Å². The van der Waals surface area contributed by atoms with Crippen LogP contribution in [-0.2, 0) is 9.05 Å². The van der Waals surface area contributed by atoms with Crippen LogP contribution in [0.3, 0.4) is 0 Å². The lowest BCUT2D eigenvalue weighted by Gasteiger charge is -2.08. The van der Waals surface area contributed by atoms with Gasteiger partial charge in [0, 0.05) is 10.7 Å². The van der Waals surface area contributed by atoms with E-state index in [1.54, 1.807) is 0 Å². The third-order valence-corrected chi connectivity index (χ3v) is 4.09. The summed E-state index contributed by atoms with van der Waals surface area (Å²) in [5, 5.41) is 0. The van der Waals surface area contributed by atoms with Crippen molar-refractivity contribution in [2.45, 2.75) is 39.0 Å². The fourth-order valence-electron chi connectivity index (χ4n) is 1.69. The van der Waals surface area contributed by atoms with Gasteiger partial charge in [0.1, 0.15) is 5.75 Å². The van der Waals surface area contributed by atoms with E-state index in [4.69, 9.17) is 15.4 Å². The average molecular weight is 305 g/mol. The van der Waals surface area contributed by atoms with E-state index in [9.17, 15) is 8.42 Å². The van der Waals surface area contributed by atoms with Gasteiger partial charge in [0.2, 0.25) is 9.05 Å². The molecular weight excluding hydrogens is 284 g/mol. The number of halogens is 1. The highest BCUT2D eigenvalue weighted by atomic mass is 35.7. The molecule has 0 N–H and O–H groups in total. The van der Waals surface area contributed by atoms with Gasteiger partial charge in [-0.05, 0) is 42.9 Å². The van der Waals surface area contributed by atoms with Crippen LogP contribution in [0.2, 0.25) is 0 Å². The molecule has 1 aromatic rings. The Hall–Kier alpha value is -0.740. The molecule has 3 nitrogen and oxygen atoms in total. The second-order valence-electron chi connectivity index (χ2n) is 4.88. The molecule has 0 amide bonds. The summed E-state index contributed by atoms with van der Waals surface area (Å²) < 4.78 is 27.0. The topological polar surface area (TPSA) is 43.4 Å². The second-order valence-corrected chi connectivity index (χ2v) is 7.77. The van der Waals surface area contributed by atoms with Crippen molar-refractivity contribution in [1.82, 2.24) is 0 Å². The Morgan fingerprint density at radius 1 is 1.11 bits per heavy atom. The third-order valence-electron chi connectivity index (χ3n) is 2.85. The standard InChI is InChI=1S/C14H21ClO3S/c1-12(2)13-6-8-14(9-7-13)18-10-4-3-5-11-19(15,16)17/h6-9,12H,3-5,10-11H2,1-2H3. The highest BCUT2D eigenvalue weighted by Crippen LogP contribution is 2.18. The zero-order valence-electron chi connectivity index (χ0n) is 11.4. The molecule has 0 aromatic heterocycles. The van der Waals surface area contributed by atoms with Crippen LogP contribution in [0.25, 0.3) is 0 Å². The summed E-state index contributed by atoms with van der Waals surface area (Å²) in [6, 6.07) is 8.08. The van der Waals surface area contributed by atoms with Gasteiger partial charge in [-0.2, -0.15) is 0 Å². The molecule has 0 unspecified atom stereocenters. The molecule has 0 aliphatic heterocycles. The lowest BCUT2D eigenvalue weighted by atomic mass is 10.0. The largest absolute Gasteiger partial charge is 0.494 e. The molecule has 0 aliphatic carbocycles. The Morgan fingerprint density at radius 2 is 1.74 bits per heavy atom. The zero-order valence-corrected chi connectivity index (χ0v) is 13.0. The first kappa shape index (κ1) is 16.3. The monoisotopic (exact) mass is 304 g/mol. The molecule has 108 valence electrons. The highest BCUT2D eigenvalue weighted by Gasteiger charge is 2.04. The quantitative estimate of drug-likeness (QED) is 0.540. The Balaban J connectivity index is 2.19. The van der Waals surface area contributed by atoms with E-state index in [2.05, 4.69) is 26.0 Å². The minimum absolute atomic E-state index is 0.0393. The fraction of sp³-hybridized carbons (Fsp3) is 0.571. The zero-order chi connectivity index (χ0) is 14.3. The van der Waals surface area contributed by atoms with Crippen LogP contribution >= 0.6 is 10.7 Å². The lowest BCUT2D eigenvalue weighted by Crippen LogP contribution is -2.01. The number of rotatable bonds is 8. The second kappa shape index (κ2) is 7.75. The maximum absolute atomic E-state index is 10.7. The molecule has 19 heavy (non-hydrogen) atoms. The number of unbranched alkanes of at least 4 members (excludes halogenated alkanes) is 2. The van der Waals surface area contributed by atoms with Crippen molar-refractivity contribution in [2.24, 2.45) is 0 Å². The summed E-state index contributed by atoms with van der Waals surface area (Å²) in [6.07, 6.45) is 2.22. The summed E-state index contributed by atoms with van der Waals surface area (Å²) in [5.74, 6) is 1.42. The molecular formula is C14H21ClO3S. The van der Waals surface area contributed by atoms with Crippen LogP contribution in [-0.4, -0.2) is 20.8 Å². The van der Waals surface area contributed by atoms with Gasteiger partial charge in [-0.15, -0.1) is 0 Å². The summed E-state index contributed by atoms with van der Waals surface area (Å²) in [5.41, 5.74) is 1.29. The number of hydrogen-bond acceptors (Lipinski definition) is 3. The van der Waals surface area contributed by atoms with Gasteiger partial charge < -0.3 is 4.74 Å². The fourth-order valence-corrected chi connectivity index (χ4v) is 2.57. The van der Waals surface area contributed by atoms with Gasteiger partial charge in [0.25, 0.3) is 0 Å². The van der Waals surface area contributed by atoms with E-state index >= 15 is 0 Å². The van der Waals surface area contributed by atoms with Gasteiger partial charge in [-0.1, -0.05) is 26.0 Å². The molecule has 0 spiro atoms. The van der Waals surface area contributed by atoms with Gasteiger partial charge in [-0.25, -0.2) is 8.42 Å². The molecule has 0 heterocycles. The predicted molar refractivity (Wildman–Crippen MR) is 79.5 cm³/mol. The van der Waals surface area contributed by atoms with Crippen molar-refractivity contribution in [2.75, 3.05) is 12.4 Å². The van der Waals surface area contributed by atoms with Crippen LogP contribution in [0.5, 0.6) is 5.75 Å². The maximum atomic E-state index is 10.7. The van der Waals surface area contributed by atoms with Gasteiger partial charge in [-0.3, -0.25) is 0 Å². The van der Waals surface area contributed by atoms with E-state index in [0.29, 0.717) is 18.9 Å². The molecule has 0 fully saturated rings. The summed E-state index contributed by atoms with van der Waals surface area (Å²) >= 11 is 0. The molecule has 5 heteroatoms. The molecule has 0 bridgehead atoms. The summed E-state index contributed by atoms with van der Waals surface area (Å²) in [4.78, 5) is 0. The molecule has 0 aliphatic rings. The Bertz CT molecular complexity index is 466. The lowest BCUT2D eigenvalue weighted by molar-refractivity contribution is 0.306. The van der Waals surface area contributed by atoms with Crippen LogP contribution < -0.4 is 4.74 Å². The normalized spacial score (nSPS) is 11.8. The smallest absolute Gasteiger partial charge is 0.232 e. The maximum Gasteiger partial charge on any atom is 0.232 e. The van der Waals surface area contributed by atoms with Crippen LogP contribution in [0.1, 0.15) is 44.6 Å². The van der Waals surface area contributed by atoms with Crippen molar-refractivity contribution in [3.63, 3.8) is 0 Å². The van der Waals surface area contributed by atoms with E-state index < -0.39 is 9.05 Å². The number of ether oxygens (including phenoxy) is 1. The Labute approximate surface area is 120 Å². The van der Waals surface area contributed by atoms with Crippen molar-refractivity contribution in [3.8, 4) is 5.75 Å². The minimum Gasteiger partial charge on any atom is -0.494 e. The number of benzene rings is 1. The molecule has 1 rings (SSSR count). The first-order valence-corrected chi connectivity index (χ1v) is 9.01. The summed E-state index contributed by atoms with van der Waals surface area (Å²) in [6.45, 7) is 4.91. The van der Waals surface area contributed by atoms with Crippen LogP contribution in [0.15, 0.2) is 24.3 Å². The van der Waals surface area contributed by atoms with Crippen molar-refractivity contribution >= 4 is 19.7 Å². The van der Waals surface area contributed by atoms with E-state index in [-0.39, 0.29) is 5.75 Å². The first-order chi connectivity index (χ1) is 8.88.